The van der Waals surface area contributed by atoms with Crippen LogP contribution in [0, 0.1) is 23.5 Å². The first-order chi connectivity index (χ1) is 31.1. The summed E-state index contributed by atoms with van der Waals surface area (Å²) in [6.07, 6.45) is 22.7. The number of hydrogen-bond acceptors (Lipinski definition) is 7. The third kappa shape index (κ3) is 15.4. The van der Waals surface area contributed by atoms with E-state index in [9.17, 15) is 13.6 Å². The van der Waals surface area contributed by atoms with Gasteiger partial charge in [-0.2, -0.15) is 0 Å². The van der Waals surface area contributed by atoms with Crippen LogP contribution in [0.3, 0.4) is 0 Å². The summed E-state index contributed by atoms with van der Waals surface area (Å²) in [6, 6.07) is 17.4. The highest BCUT2D eigenvalue weighted by Crippen LogP contribution is 2.39. The highest BCUT2D eigenvalue weighted by atomic mass is 79.9. The van der Waals surface area contributed by atoms with Crippen molar-refractivity contribution in [3.8, 4) is 17.2 Å². The lowest BCUT2D eigenvalue weighted by Crippen LogP contribution is -2.45. The van der Waals surface area contributed by atoms with Gasteiger partial charge < -0.3 is 24.4 Å². The van der Waals surface area contributed by atoms with Gasteiger partial charge in [-0.05, 0) is 136 Å². The minimum atomic E-state index is -0.276. The second kappa shape index (κ2) is 26.2. The summed E-state index contributed by atoms with van der Waals surface area (Å²) in [7, 11) is 4.65. The van der Waals surface area contributed by atoms with E-state index in [0.29, 0.717) is 48.0 Å². The SMILES string of the molecule is COc1cc(C(=O)N(C/C(Br)=C/c2ccc(F)cc2)C[C@@H]2CCCN2CC2CCCCC2)cc(OC)c1OC.Fc1ccc(/C=C(\Br)CNC[C@@H]2CCCN2CC2CCCCC2)cc1. The number of ether oxygens (including phenoxy) is 3. The van der Waals surface area contributed by atoms with E-state index in [0.717, 1.165) is 70.9 Å². The second-order valence-electron chi connectivity index (χ2n) is 18.1. The molecule has 12 heteroatoms. The lowest BCUT2D eigenvalue weighted by Gasteiger charge is -2.34. The molecule has 4 fully saturated rings. The molecule has 2 heterocycles. The molecule has 2 saturated heterocycles. The largest absolute Gasteiger partial charge is 0.493 e. The van der Waals surface area contributed by atoms with Gasteiger partial charge >= 0.3 is 0 Å². The lowest BCUT2D eigenvalue weighted by molar-refractivity contribution is 0.0712. The zero-order valence-electron chi connectivity index (χ0n) is 38.3. The fourth-order valence-electron chi connectivity index (χ4n) is 10.1. The molecule has 1 N–H and O–H groups in total. The molecule has 2 aliphatic heterocycles. The lowest BCUT2D eigenvalue weighted by atomic mass is 9.89. The van der Waals surface area contributed by atoms with Crippen LogP contribution in [0.15, 0.2) is 69.6 Å². The van der Waals surface area contributed by atoms with Crippen LogP contribution in [0.1, 0.15) is 111 Å². The topological polar surface area (TPSA) is 66.5 Å². The summed E-state index contributed by atoms with van der Waals surface area (Å²) in [4.78, 5) is 21.3. The van der Waals surface area contributed by atoms with Crippen molar-refractivity contribution >= 4 is 49.9 Å². The summed E-state index contributed by atoms with van der Waals surface area (Å²) >= 11 is 7.32. The Kier molecular flexibility index (Phi) is 20.5. The molecular formula is C52H70Br2F2N4O4. The maximum Gasteiger partial charge on any atom is 0.254 e. The van der Waals surface area contributed by atoms with Gasteiger partial charge in [0.1, 0.15) is 11.6 Å². The number of nitrogens with one attached hydrogen (secondary N) is 1. The number of rotatable bonds is 18. The van der Waals surface area contributed by atoms with Crippen molar-refractivity contribution in [1.82, 2.24) is 20.0 Å². The predicted molar refractivity (Wildman–Crippen MR) is 264 cm³/mol. The summed E-state index contributed by atoms with van der Waals surface area (Å²) in [5, 5.41) is 3.60. The molecule has 8 nitrogen and oxygen atoms in total. The molecule has 0 unspecified atom stereocenters. The molecule has 7 rings (SSSR count). The molecule has 0 bridgehead atoms. The third-order valence-corrected chi connectivity index (χ3v) is 14.5. The molecule has 350 valence electrons. The van der Waals surface area contributed by atoms with Crippen LogP contribution in [-0.4, -0.2) is 106 Å². The minimum absolute atomic E-state index is 0.108. The molecule has 0 spiro atoms. The molecule has 0 radical (unpaired) electrons. The smallest absolute Gasteiger partial charge is 0.254 e. The first-order valence-corrected chi connectivity index (χ1v) is 25.2. The van der Waals surface area contributed by atoms with Crippen LogP contribution >= 0.6 is 31.9 Å². The number of likely N-dealkylation sites (tertiary alicyclic amines) is 2. The Labute approximate surface area is 398 Å². The first kappa shape index (κ1) is 50.1. The van der Waals surface area contributed by atoms with Gasteiger partial charge in [0.25, 0.3) is 5.91 Å². The molecule has 3 aromatic rings. The van der Waals surface area contributed by atoms with E-state index in [-0.39, 0.29) is 17.5 Å². The maximum atomic E-state index is 14.1. The average molecular weight is 1010 g/mol. The number of halogens is 4. The van der Waals surface area contributed by atoms with Crippen LogP contribution in [0.2, 0.25) is 0 Å². The van der Waals surface area contributed by atoms with E-state index in [1.807, 2.05) is 11.0 Å². The average Bonchev–Trinajstić information content (AvgIpc) is 3.95. The summed E-state index contributed by atoms with van der Waals surface area (Å²) < 4.78 is 44.8. The van der Waals surface area contributed by atoms with Gasteiger partial charge in [-0.25, -0.2) is 8.78 Å². The second-order valence-corrected chi connectivity index (χ2v) is 20.1. The molecule has 4 aliphatic rings. The van der Waals surface area contributed by atoms with Crippen LogP contribution in [-0.2, 0) is 0 Å². The Balaban J connectivity index is 0.000000234. The van der Waals surface area contributed by atoms with Crippen molar-refractivity contribution in [3.63, 3.8) is 0 Å². The zero-order valence-corrected chi connectivity index (χ0v) is 41.5. The summed E-state index contributed by atoms with van der Waals surface area (Å²) in [5.41, 5.74) is 2.36. The van der Waals surface area contributed by atoms with Gasteiger partial charge in [0.05, 0.1) is 27.9 Å². The van der Waals surface area contributed by atoms with Crippen LogP contribution in [0.25, 0.3) is 12.2 Å². The highest BCUT2D eigenvalue weighted by molar-refractivity contribution is 9.12. The maximum absolute atomic E-state index is 14.1. The number of amides is 1. The van der Waals surface area contributed by atoms with Crippen LogP contribution < -0.4 is 19.5 Å². The molecular weight excluding hydrogens is 942 g/mol. The molecule has 2 atom stereocenters. The highest BCUT2D eigenvalue weighted by Gasteiger charge is 2.32. The van der Waals surface area contributed by atoms with E-state index in [2.05, 4.69) is 53.1 Å². The van der Waals surface area contributed by atoms with Crippen molar-refractivity contribution in [2.24, 2.45) is 11.8 Å². The van der Waals surface area contributed by atoms with Gasteiger partial charge in [-0.1, -0.05) is 94.7 Å². The van der Waals surface area contributed by atoms with E-state index in [1.54, 1.807) is 57.7 Å². The van der Waals surface area contributed by atoms with Gasteiger partial charge in [-0.15, -0.1) is 0 Å². The Hall–Kier alpha value is -3.29. The van der Waals surface area contributed by atoms with E-state index in [1.165, 1.54) is 114 Å². The molecule has 0 aromatic heterocycles. The zero-order chi connectivity index (χ0) is 45.3. The van der Waals surface area contributed by atoms with E-state index in [4.69, 9.17) is 14.2 Å². The monoisotopic (exact) mass is 1010 g/mol. The standard InChI is InChI=1S/C31H40BrFN2O4.C21H30BrFN2/c1-37-28-17-24(18-29(38-2)30(28)39-3)31(36)35(20-25(32)16-22-11-13-26(33)14-12-22)21-27-10-7-15-34(27)19-23-8-5-4-6-9-23;22-19(13-17-8-10-20(23)11-9-17)14-24-15-21-7-4-12-25(21)16-18-5-2-1-3-6-18/h11-14,16-18,23,27H,4-10,15,19-21H2,1-3H3;8-11,13,18,21,24H,1-7,12,14-16H2/b25-16-;19-13-/t27-;21-/m00/s1. The van der Waals surface area contributed by atoms with Crippen LogP contribution in [0.4, 0.5) is 8.78 Å². The van der Waals surface area contributed by atoms with Gasteiger partial charge in [0.2, 0.25) is 5.75 Å². The number of carbonyl (C=O) groups excluding carboxylic acids is 1. The Morgan fingerprint density at radius 2 is 1.16 bits per heavy atom. The van der Waals surface area contributed by atoms with Gasteiger partial charge in [0.15, 0.2) is 11.5 Å². The normalized spacial score (nSPS) is 20.5. The van der Waals surface area contributed by atoms with Crippen molar-refractivity contribution in [2.75, 3.05) is 73.7 Å². The quantitative estimate of drug-likeness (QED) is 0.136. The molecule has 64 heavy (non-hydrogen) atoms. The Morgan fingerprint density at radius 3 is 1.66 bits per heavy atom. The fraction of sp³-hybridized carbons (Fsp3) is 0.558. The minimum Gasteiger partial charge on any atom is -0.493 e. The van der Waals surface area contributed by atoms with E-state index >= 15 is 0 Å². The van der Waals surface area contributed by atoms with Crippen molar-refractivity contribution in [1.29, 1.82) is 0 Å². The van der Waals surface area contributed by atoms with Crippen molar-refractivity contribution in [3.05, 3.63) is 98.0 Å². The molecule has 3 aromatic carbocycles. The van der Waals surface area contributed by atoms with Gasteiger partial charge in [0, 0.05) is 59.3 Å². The molecule has 2 aliphatic carbocycles. The van der Waals surface area contributed by atoms with Crippen LogP contribution in [0.5, 0.6) is 17.2 Å². The summed E-state index contributed by atoms with van der Waals surface area (Å²) in [5.74, 6) is 2.45. The van der Waals surface area contributed by atoms with Crippen molar-refractivity contribution in [2.45, 2.75) is 102 Å². The predicted octanol–water partition coefficient (Wildman–Crippen LogP) is 12.0. The number of carbonyl (C=O) groups is 1. The third-order valence-electron chi connectivity index (χ3n) is 13.5. The summed E-state index contributed by atoms with van der Waals surface area (Å²) in [6.45, 7) is 7.66. The number of methoxy groups -OCH3 is 3. The fourth-order valence-corrected chi connectivity index (χ4v) is 11.1. The number of benzene rings is 3. The van der Waals surface area contributed by atoms with Gasteiger partial charge in [-0.3, -0.25) is 14.6 Å². The first-order valence-electron chi connectivity index (χ1n) is 23.6. The molecule has 1 amide bonds. The number of hydrogen-bond donors (Lipinski definition) is 1. The Morgan fingerprint density at radius 1 is 0.672 bits per heavy atom. The van der Waals surface area contributed by atoms with Crippen molar-refractivity contribution < 1.29 is 27.8 Å². The number of nitrogens with zero attached hydrogens (tertiary/aromatic N) is 3. The Bertz CT molecular complexity index is 1930. The molecule has 2 saturated carbocycles. The van der Waals surface area contributed by atoms with E-state index < -0.39 is 0 Å².